The molecule has 0 spiro atoms. The highest BCUT2D eigenvalue weighted by Gasteiger charge is 2.15. The van der Waals surface area contributed by atoms with Crippen LogP contribution in [0.1, 0.15) is 19.3 Å². The van der Waals surface area contributed by atoms with Crippen molar-refractivity contribution in [1.29, 1.82) is 0 Å². The van der Waals surface area contributed by atoms with Crippen LogP contribution in [-0.2, 0) is 0 Å². The molecule has 21 heavy (non-hydrogen) atoms. The molecule has 0 amide bonds. The molecule has 6 nitrogen and oxygen atoms in total. The first-order valence-corrected chi connectivity index (χ1v) is 6.98. The molecule has 1 heterocycles. The van der Waals surface area contributed by atoms with Gasteiger partial charge in [-0.3, -0.25) is 15.1 Å². The van der Waals surface area contributed by atoms with Crippen molar-refractivity contribution in [3.8, 4) is 0 Å². The second kappa shape index (κ2) is 6.99. The molecule has 0 atom stereocenters. The lowest BCUT2D eigenvalue weighted by molar-refractivity contribution is -0.383. The van der Waals surface area contributed by atoms with E-state index in [4.69, 9.17) is 5.11 Å². The van der Waals surface area contributed by atoms with E-state index in [1.54, 1.807) is 12.3 Å². The Kier molecular flexibility index (Phi) is 5.05. The standard InChI is InChI=1S/C15H19N3O3/c1-17(9-3-2-4-10-19)14-5-6-15(18(20)21)13-11-16-8-7-12(13)14/h5-8,11,19H,2-4,9-10H2,1H3. The van der Waals surface area contributed by atoms with Gasteiger partial charge < -0.3 is 10.0 Å². The fraction of sp³-hybridized carbons (Fsp3) is 0.400. The Morgan fingerprint density at radius 3 is 2.76 bits per heavy atom. The van der Waals surface area contributed by atoms with Crippen molar-refractivity contribution in [2.75, 3.05) is 25.1 Å². The Morgan fingerprint density at radius 1 is 1.24 bits per heavy atom. The molecule has 0 saturated carbocycles. The Bertz CT molecular complexity index is 631. The number of nitrogens with zero attached hydrogens (tertiary/aromatic N) is 3. The van der Waals surface area contributed by atoms with Crippen LogP contribution >= 0.6 is 0 Å². The van der Waals surface area contributed by atoms with E-state index in [1.165, 1.54) is 12.3 Å². The quantitative estimate of drug-likeness (QED) is 0.481. The number of non-ortho nitro benzene ring substituents is 1. The van der Waals surface area contributed by atoms with Crippen LogP contribution in [0.5, 0.6) is 0 Å². The molecule has 0 aliphatic carbocycles. The Balaban J connectivity index is 2.28. The average molecular weight is 289 g/mol. The minimum Gasteiger partial charge on any atom is -0.396 e. The summed E-state index contributed by atoms with van der Waals surface area (Å²) in [6.07, 6.45) is 5.93. The number of hydrogen-bond acceptors (Lipinski definition) is 5. The summed E-state index contributed by atoms with van der Waals surface area (Å²) in [7, 11) is 1.97. The minimum atomic E-state index is -0.380. The molecular formula is C15H19N3O3. The maximum absolute atomic E-state index is 11.1. The largest absolute Gasteiger partial charge is 0.396 e. The number of hydrogen-bond donors (Lipinski definition) is 1. The molecule has 0 aliphatic heterocycles. The highest BCUT2D eigenvalue weighted by atomic mass is 16.6. The maximum Gasteiger partial charge on any atom is 0.278 e. The third-order valence-corrected chi connectivity index (χ3v) is 3.53. The number of benzene rings is 1. The minimum absolute atomic E-state index is 0.0792. The van der Waals surface area contributed by atoms with Crippen LogP contribution in [0.25, 0.3) is 10.8 Å². The zero-order chi connectivity index (χ0) is 15.2. The molecule has 2 rings (SSSR count). The van der Waals surface area contributed by atoms with Gasteiger partial charge >= 0.3 is 0 Å². The lowest BCUT2D eigenvalue weighted by Crippen LogP contribution is -2.19. The van der Waals surface area contributed by atoms with Crippen LogP contribution in [-0.4, -0.2) is 35.2 Å². The molecule has 0 aliphatic rings. The summed E-state index contributed by atoms with van der Waals surface area (Å²) in [4.78, 5) is 16.8. The highest BCUT2D eigenvalue weighted by Crippen LogP contribution is 2.32. The fourth-order valence-corrected chi connectivity index (χ4v) is 2.41. The smallest absolute Gasteiger partial charge is 0.278 e. The van der Waals surface area contributed by atoms with E-state index in [2.05, 4.69) is 9.88 Å². The van der Waals surface area contributed by atoms with Crippen LogP contribution < -0.4 is 4.90 Å². The van der Waals surface area contributed by atoms with Gasteiger partial charge in [0.15, 0.2) is 0 Å². The van der Waals surface area contributed by atoms with Crippen molar-refractivity contribution in [2.45, 2.75) is 19.3 Å². The predicted molar refractivity (Wildman–Crippen MR) is 82.6 cm³/mol. The molecule has 0 bridgehead atoms. The van der Waals surface area contributed by atoms with Crippen molar-refractivity contribution in [3.63, 3.8) is 0 Å². The van der Waals surface area contributed by atoms with Crippen LogP contribution in [0.4, 0.5) is 11.4 Å². The summed E-state index contributed by atoms with van der Waals surface area (Å²) in [6.45, 7) is 1.06. The van der Waals surface area contributed by atoms with Crippen LogP contribution in [0.3, 0.4) is 0 Å². The number of nitro benzene ring substituents is 1. The average Bonchev–Trinajstić information content (AvgIpc) is 2.50. The molecule has 0 fully saturated rings. The van der Waals surface area contributed by atoms with E-state index in [9.17, 15) is 10.1 Å². The summed E-state index contributed by atoms with van der Waals surface area (Å²) in [5, 5.41) is 21.3. The summed E-state index contributed by atoms with van der Waals surface area (Å²) in [5.74, 6) is 0. The third-order valence-electron chi connectivity index (χ3n) is 3.53. The Morgan fingerprint density at radius 2 is 2.05 bits per heavy atom. The summed E-state index contributed by atoms with van der Waals surface area (Å²) in [5.41, 5.74) is 1.04. The molecule has 1 N–H and O–H groups in total. The lowest BCUT2D eigenvalue weighted by atomic mass is 10.1. The molecule has 1 aromatic carbocycles. The van der Waals surface area contributed by atoms with Gasteiger partial charge in [-0.1, -0.05) is 0 Å². The Labute approximate surface area is 123 Å². The van der Waals surface area contributed by atoms with Crippen LogP contribution in [0.2, 0.25) is 0 Å². The zero-order valence-corrected chi connectivity index (χ0v) is 12.0. The number of fused-ring (bicyclic) bond motifs is 1. The molecule has 112 valence electrons. The molecule has 0 saturated heterocycles. The van der Waals surface area contributed by atoms with Crippen LogP contribution in [0.15, 0.2) is 30.6 Å². The first-order valence-electron chi connectivity index (χ1n) is 6.98. The number of pyridine rings is 1. The number of anilines is 1. The molecule has 2 aromatic rings. The number of aliphatic hydroxyl groups is 1. The van der Waals surface area contributed by atoms with Crippen LogP contribution in [0, 0.1) is 10.1 Å². The van der Waals surface area contributed by atoms with Gasteiger partial charge in [0.05, 0.1) is 10.3 Å². The van der Waals surface area contributed by atoms with Crippen molar-refractivity contribution >= 4 is 22.1 Å². The topological polar surface area (TPSA) is 79.5 Å². The Hall–Kier alpha value is -2.21. The van der Waals surface area contributed by atoms with Crippen molar-refractivity contribution in [1.82, 2.24) is 4.98 Å². The van der Waals surface area contributed by atoms with Gasteiger partial charge in [0.2, 0.25) is 0 Å². The van der Waals surface area contributed by atoms with Gasteiger partial charge in [0.25, 0.3) is 5.69 Å². The second-order valence-corrected chi connectivity index (χ2v) is 4.99. The third kappa shape index (κ3) is 3.46. The monoisotopic (exact) mass is 289 g/mol. The molecule has 1 aromatic heterocycles. The predicted octanol–water partition coefficient (Wildman–Crippen LogP) is 2.74. The van der Waals surface area contributed by atoms with Gasteiger partial charge in [0, 0.05) is 49.7 Å². The van der Waals surface area contributed by atoms with Gasteiger partial charge in [-0.05, 0) is 31.4 Å². The SMILES string of the molecule is CN(CCCCCO)c1ccc([N+](=O)[O-])c2cnccc12. The highest BCUT2D eigenvalue weighted by molar-refractivity contribution is 5.99. The zero-order valence-electron chi connectivity index (χ0n) is 12.0. The normalized spacial score (nSPS) is 10.8. The molecule has 6 heteroatoms. The number of aromatic nitrogens is 1. The van der Waals surface area contributed by atoms with E-state index in [1.807, 2.05) is 13.1 Å². The van der Waals surface area contributed by atoms with E-state index >= 15 is 0 Å². The molecule has 0 unspecified atom stereocenters. The van der Waals surface area contributed by atoms with Gasteiger partial charge in [0.1, 0.15) is 0 Å². The summed E-state index contributed by atoms with van der Waals surface area (Å²) in [6, 6.07) is 5.12. The summed E-state index contributed by atoms with van der Waals surface area (Å²) >= 11 is 0. The van der Waals surface area contributed by atoms with Gasteiger partial charge in [-0.25, -0.2) is 0 Å². The second-order valence-electron chi connectivity index (χ2n) is 4.99. The van der Waals surface area contributed by atoms with Crippen molar-refractivity contribution in [2.24, 2.45) is 0 Å². The fourth-order valence-electron chi connectivity index (χ4n) is 2.41. The van der Waals surface area contributed by atoms with Crippen molar-refractivity contribution in [3.05, 3.63) is 40.7 Å². The lowest BCUT2D eigenvalue weighted by Gasteiger charge is -2.21. The van der Waals surface area contributed by atoms with E-state index in [0.29, 0.717) is 5.39 Å². The first kappa shape index (κ1) is 15.2. The number of nitro groups is 1. The van der Waals surface area contributed by atoms with E-state index in [0.717, 1.165) is 36.9 Å². The van der Waals surface area contributed by atoms with Gasteiger partial charge in [-0.2, -0.15) is 0 Å². The number of unbranched alkanes of at least 4 members (excludes halogenated alkanes) is 2. The van der Waals surface area contributed by atoms with E-state index in [-0.39, 0.29) is 17.2 Å². The molecular weight excluding hydrogens is 270 g/mol. The first-order chi connectivity index (χ1) is 10.1. The maximum atomic E-state index is 11.1. The van der Waals surface area contributed by atoms with E-state index < -0.39 is 0 Å². The molecule has 0 radical (unpaired) electrons. The van der Waals surface area contributed by atoms with Gasteiger partial charge in [-0.15, -0.1) is 0 Å². The van der Waals surface area contributed by atoms with Crippen molar-refractivity contribution < 1.29 is 10.0 Å². The number of rotatable bonds is 7. The number of aliphatic hydroxyl groups excluding tert-OH is 1. The summed E-state index contributed by atoms with van der Waals surface area (Å²) < 4.78 is 0.